The van der Waals surface area contributed by atoms with Gasteiger partial charge < -0.3 is 24.7 Å². The first-order valence-electron chi connectivity index (χ1n) is 10.5. The summed E-state index contributed by atoms with van der Waals surface area (Å²) in [6, 6.07) is 16.2. The van der Waals surface area contributed by atoms with Gasteiger partial charge in [-0.25, -0.2) is 4.99 Å². The first-order chi connectivity index (χ1) is 15.1. The number of aliphatic imine (C=N–C) groups is 1. The number of rotatable bonds is 5. The van der Waals surface area contributed by atoms with Crippen molar-refractivity contribution in [3.05, 3.63) is 65.7 Å². The first kappa shape index (κ1) is 20.7. The Kier molecular flexibility index (Phi) is 6.35. The maximum atomic E-state index is 5.82. The van der Waals surface area contributed by atoms with Gasteiger partial charge in [0.1, 0.15) is 12.4 Å². The molecule has 0 saturated heterocycles. The molecule has 0 aliphatic carbocycles. The topological polar surface area (TPSA) is 85.6 Å². The molecule has 1 atom stereocenters. The van der Waals surface area contributed by atoms with Crippen molar-refractivity contribution in [2.45, 2.75) is 32.9 Å². The summed E-state index contributed by atoms with van der Waals surface area (Å²) in [5, 5.41) is 15.2. The van der Waals surface area contributed by atoms with E-state index in [0.29, 0.717) is 25.7 Å². The summed E-state index contributed by atoms with van der Waals surface area (Å²) in [6.45, 7) is 5.74. The normalized spacial score (nSPS) is 14.6. The second kappa shape index (κ2) is 9.51. The van der Waals surface area contributed by atoms with Crippen LogP contribution >= 0.6 is 0 Å². The van der Waals surface area contributed by atoms with Crippen molar-refractivity contribution in [1.29, 1.82) is 0 Å². The van der Waals surface area contributed by atoms with Gasteiger partial charge in [0, 0.05) is 25.2 Å². The Balaban J connectivity index is 1.56. The highest BCUT2D eigenvalue weighted by Crippen LogP contribution is 2.32. The van der Waals surface area contributed by atoms with Crippen molar-refractivity contribution in [3.63, 3.8) is 0 Å². The van der Waals surface area contributed by atoms with Crippen LogP contribution in [0.2, 0.25) is 0 Å². The predicted molar refractivity (Wildman–Crippen MR) is 121 cm³/mol. The lowest BCUT2D eigenvalue weighted by molar-refractivity contribution is 0.297. The zero-order valence-corrected chi connectivity index (χ0v) is 18.1. The fourth-order valence-electron chi connectivity index (χ4n) is 3.27. The lowest BCUT2D eigenvalue weighted by atomic mass is 10.1. The third kappa shape index (κ3) is 5.14. The van der Waals surface area contributed by atoms with Crippen LogP contribution in [0.25, 0.3) is 0 Å². The molecule has 2 heterocycles. The fourth-order valence-corrected chi connectivity index (χ4v) is 3.27. The molecule has 31 heavy (non-hydrogen) atoms. The van der Waals surface area contributed by atoms with E-state index in [-0.39, 0.29) is 6.04 Å². The summed E-state index contributed by atoms with van der Waals surface area (Å²) < 4.78 is 13.5. The van der Waals surface area contributed by atoms with E-state index in [0.717, 1.165) is 35.3 Å². The monoisotopic (exact) mass is 420 g/mol. The van der Waals surface area contributed by atoms with E-state index in [1.165, 1.54) is 5.56 Å². The molecule has 1 aliphatic heterocycles. The Morgan fingerprint density at radius 2 is 1.87 bits per heavy atom. The summed E-state index contributed by atoms with van der Waals surface area (Å²) in [5.41, 5.74) is 2.04. The van der Waals surface area contributed by atoms with E-state index >= 15 is 0 Å². The van der Waals surface area contributed by atoms with Crippen molar-refractivity contribution >= 4 is 11.6 Å². The van der Waals surface area contributed by atoms with Gasteiger partial charge in [0.2, 0.25) is 0 Å². The summed E-state index contributed by atoms with van der Waals surface area (Å²) in [4.78, 5) is 4.76. The zero-order chi connectivity index (χ0) is 21.6. The molecule has 0 saturated carbocycles. The lowest BCUT2D eigenvalue weighted by Crippen LogP contribution is -2.33. The van der Waals surface area contributed by atoms with Crippen molar-refractivity contribution in [3.8, 4) is 11.5 Å². The predicted octanol–water partition coefficient (Wildman–Crippen LogP) is 3.60. The van der Waals surface area contributed by atoms with Crippen LogP contribution in [-0.4, -0.2) is 33.9 Å². The average molecular weight is 421 g/mol. The second-order valence-corrected chi connectivity index (χ2v) is 7.50. The van der Waals surface area contributed by atoms with Crippen LogP contribution in [0, 0.1) is 6.92 Å². The van der Waals surface area contributed by atoms with E-state index in [1.807, 2.05) is 54.9 Å². The number of hydrogen-bond donors (Lipinski definition) is 2. The maximum Gasteiger partial charge on any atom is 0.196 e. The van der Waals surface area contributed by atoms with Crippen LogP contribution in [0.5, 0.6) is 11.5 Å². The molecule has 2 aromatic carbocycles. The molecule has 1 aromatic heterocycles. The zero-order valence-electron chi connectivity index (χ0n) is 18.1. The molecule has 0 fully saturated rings. The van der Waals surface area contributed by atoms with Crippen LogP contribution in [0.1, 0.15) is 36.6 Å². The molecule has 0 spiro atoms. The van der Waals surface area contributed by atoms with Gasteiger partial charge in [0.15, 0.2) is 23.3 Å². The molecule has 1 unspecified atom stereocenters. The van der Waals surface area contributed by atoms with Crippen molar-refractivity contribution < 1.29 is 9.47 Å². The Labute approximate surface area is 182 Å². The lowest BCUT2D eigenvalue weighted by Gasteiger charge is -2.19. The van der Waals surface area contributed by atoms with Crippen molar-refractivity contribution in [2.75, 3.05) is 18.5 Å². The number of guanidine groups is 1. The minimum absolute atomic E-state index is 0.0640. The summed E-state index contributed by atoms with van der Waals surface area (Å²) in [7, 11) is 1.94. The Bertz CT molecular complexity index is 1050. The smallest absolute Gasteiger partial charge is 0.196 e. The maximum absolute atomic E-state index is 5.82. The van der Waals surface area contributed by atoms with E-state index < -0.39 is 0 Å². The SMILES string of the molecule is Cc1nnc(CN=C(Nc2ccc3c(c2)OCCCO3)NC(C)c2ccccc2)n1C. The molecule has 2 N–H and O–H groups in total. The van der Waals surface area contributed by atoms with E-state index in [9.17, 15) is 0 Å². The van der Waals surface area contributed by atoms with Crippen LogP contribution < -0.4 is 20.1 Å². The minimum atomic E-state index is 0.0640. The molecule has 0 radical (unpaired) electrons. The number of anilines is 1. The van der Waals surface area contributed by atoms with Gasteiger partial charge in [-0.3, -0.25) is 0 Å². The van der Waals surface area contributed by atoms with E-state index in [1.54, 1.807) is 0 Å². The number of fused-ring (bicyclic) bond motifs is 1. The number of benzene rings is 2. The van der Waals surface area contributed by atoms with Gasteiger partial charge in [0.25, 0.3) is 0 Å². The minimum Gasteiger partial charge on any atom is -0.490 e. The summed E-state index contributed by atoms with van der Waals surface area (Å²) in [6.07, 6.45) is 0.872. The molecule has 8 heteroatoms. The molecular weight excluding hydrogens is 392 g/mol. The van der Waals surface area contributed by atoms with Gasteiger partial charge in [-0.05, 0) is 31.5 Å². The molecule has 0 bridgehead atoms. The van der Waals surface area contributed by atoms with Crippen molar-refractivity contribution in [1.82, 2.24) is 20.1 Å². The largest absolute Gasteiger partial charge is 0.490 e. The summed E-state index contributed by atoms with van der Waals surface area (Å²) >= 11 is 0. The number of hydrogen-bond acceptors (Lipinski definition) is 5. The molecular formula is C23H28N6O2. The van der Waals surface area contributed by atoms with E-state index in [4.69, 9.17) is 14.5 Å². The number of ether oxygens (including phenoxy) is 2. The standard InChI is InChI=1S/C23H28N6O2/c1-16(18-8-5-4-6-9-18)25-23(24-15-22-28-27-17(2)29(22)3)26-19-10-11-20-21(14-19)31-13-7-12-30-20/h4-6,8-11,14,16H,7,12-13,15H2,1-3H3,(H2,24,25,26). The third-order valence-electron chi connectivity index (χ3n) is 5.22. The third-order valence-corrected chi connectivity index (χ3v) is 5.22. The molecule has 4 rings (SSSR count). The molecule has 162 valence electrons. The van der Waals surface area contributed by atoms with E-state index in [2.05, 4.69) is 39.9 Å². The number of nitrogens with zero attached hydrogens (tertiary/aromatic N) is 4. The number of aromatic nitrogens is 3. The van der Waals surface area contributed by atoms with Gasteiger partial charge in [-0.1, -0.05) is 30.3 Å². The molecule has 0 amide bonds. The van der Waals surface area contributed by atoms with Crippen LogP contribution in [0.3, 0.4) is 0 Å². The Morgan fingerprint density at radius 3 is 2.61 bits per heavy atom. The fraction of sp³-hybridized carbons (Fsp3) is 0.348. The molecule has 3 aromatic rings. The second-order valence-electron chi connectivity index (χ2n) is 7.50. The van der Waals surface area contributed by atoms with Crippen LogP contribution in [-0.2, 0) is 13.6 Å². The van der Waals surface area contributed by atoms with Gasteiger partial charge >= 0.3 is 0 Å². The first-order valence-corrected chi connectivity index (χ1v) is 10.5. The Morgan fingerprint density at radius 1 is 1.10 bits per heavy atom. The molecule has 8 nitrogen and oxygen atoms in total. The number of nitrogens with one attached hydrogen (secondary N) is 2. The highest BCUT2D eigenvalue weighted by atomic mass is 16.5. The molecule has 1 aliphatic rings. The van der Waals surface area contributed by atoms with Crippen molar-refractivity contribution in [2.24, 2.45) is 12.0 Å². The van der Waals surface area contributed by atoms with Crippen LogP contribution in [0.15, 0.2) is 53.5 Å². The quantitative estimate of drug-likeness (QED) is 0.485. The van der Waals surface area contributed by atoms with Gasteiger partial charge in [0.05, 0.1) is 19.3 Å². The van der Waals surface area contributed by atoms with Gasteiger partial charge in [-0.2, -0.15) is 0 Å². The average Bonchev–Trinajstić information content (AvgIpc) is 2.97. The van der Waals surface area contributed by atoms with Gasteiger partial charge in [-0.15, -0.1) is 10.2 Å². The highest BCUT2D eigenvalue weighted by molar-refractivity contribution is 5.94. The Hall–Kier alpha value is -3.55. The highest BCUT2D eigenvalue weighted by Gasteiger charge is 2.13. The number of aryl methyl sites for hydroxylation is 1. The summed E-state index contributed by atoms with van der Waals surface area (Å²) in [5.74, 6) is 3.80. The van der Waals surface area contributed by atoms with Crippen LogP contribution in [0.4, 0.5) is 5.69 Å².